The predicted molar refractivity (Wildman–Crippen MR) is 76.2 cm³/mol. The molecule has 100 valence electrons. The fraction of sp³-hybridized carbons (Fsp3) is 0.714. The van der Waals surface area contributed by atoms with Crippen LogP contribution in [0.4, 0.5) is 11.6 Å². The highest BCUT2D eigenvalue weighted by molar-refractivity contribution is 5.49. The lowest BCUT2D eigenvalue weighted by Crippen LogP contribution is -2.35. The second-order valence-corrected chi connectivity index (χ2v) is 5.22. The fourth-order valence-electron chi connectivity index (χ4n) is 2.51. The first-order valence-corrected chi connectivity index (χ1v) is 7.03. The zero-order valence-electron chi connectivity index (χ0n) is 11.7. The van der Waals surface area contributed by atoms with E-state index in [9.17, 15) is 0 Å². The molecule has 1 aromatic rings. The van der Waals surface area contributed by atoms with Crippen LogP contribution in [-0.4, -0.2) is 30.1 Å². The van der Waals surface area contributed by atoms with Gasteiger partial charge < -0.3 is 10.2 Å². The molecule has 1 aliphatic rings. The zero-order valence-corrected chi connectivity index (χ0v) is 11.7. The van der Waals surface area contributed by atoms with E-state index in [4.69, 9.17) is 4.98 Å². The van der Waals surface area contributed by atoms with Crippen LogP contribution >= 0.6 is 0 Å². The van der Waals surface area contributed by atoms with Crippen molar-refractivity contribution in [3.63, 3.8) is 0 Å². The highest BCUT2D eigenvalue weighted by atomic mass is 15.2. The van der Waals surface area contributed by atoms with Gasteiger partial charge in [0.2, 0.25) is 0 Å². The van der Waals surface area contributed by atoms with Gasteiger partial charge in [-0.1, -0.05) is 13.8 Å². The highest BCUT2D eigenvalue weighted by Gasteiger charge is 2.18. The van der Waals surface area contributed by atoms with Crippen LogP contribution in [0.5, 0.6) is 0 Å². The number of rotatable bonds is 4. The Kier molecular flexibility index (Phi) is 4.39. The molecule has 1 aliphatic heterocycles. The van der Waals surface area contributed by atoms with Gasteiger partial charge in [-0.3, -0.25) is 0 Å². The van der Waals surface area contributed by atoms with E-state index in [-0.39, 0.29) is 0 Å². The predicted octanol–water partition coefficient (Wildman–Crippen LogP) is 2.71. The van der Waals surface area contributed by atoms with Crippen LogP contribution < -0.4 is 10.2 Å². The highest BCUT2D eigenvalue weighted by Crippen LogP contribution is 2.23. The molecule has 0 aromatic carbocycles. The molecule has 1 aromatic heterocycles. The van der Waals surface area contributed by atoms with E-state index in [0.29, 0.717) is 0 Å². The minimum atomic E-state index is 0.765. The monoisotopic (exact) mass is 248 g/mol. The molecule has 1 fully saturated rings. The number of anilines is 2. The molecule has 4 nitrogen and oxygen atoms in total. The van der Waals surface area contributed by atoms with Crippen molar-refractivity contribution in [3.05, 3.63) is 11.9 Å². The maximum atomic E-state index is 4.70. The first-order chi connectivity index (χ1) is 8.72. The molecule has 0 aliphatic carbocycles. The summed E-state index contributed by atoms with van der Waals surface area (Å²) in [5.41, 5.74) is 0. The van der Waals surface area contributed by atoms with Gasteiger partial charge in [0.25, 0.3) is 0 Å². The SMILES string of the molecule is CCCc1nc(NC)cc(N2CCCC(C)C2)n1. The molecular weight excluding hydrogens is 224 g/mol. The van der Waals surface area contributed by atoms with Crippen LogP contribution in [0.1, 0.15) is 38.9 Å². The molecule has 0 radical (unpaired) electrons. The lowest BCUT2D eigenvalue weighted by atomic mass is 10.0. The molecule has 1 N–H and O–H groups in total. The minimum Gasteiger partial charge on any atom is -0.373 e. The van der Waals surface area contributed by atoms with Gasteiger partial charge >= 0.3 is 0 Å². The third kappa shape index (κ3) is 3.12. The van der Waals surface area contributed by atoms with Gasteiger partial charge in [-0.2, -0.15) is 0 Å². The van der Waals surface area contributed by atoms with Gasteiger partial charge in [0.1, 0.15) is 17.5 Å². The second-order valence-electron chi connectivity index (χ2n) is 5.22. The Hall–Kier alpha value is -1.32. The Bertz CT molecular complexity index is 391. The van der Waals surface area contributed by atoms with E-state index < -0.39 is 0 Å². The quantitative estimate of drug-likeness (QED) is 0.889. The average molecular weight is 248 g/mol. The second kappa shape index (κ2) is 6.03. The van der Waals surface area contributed by atoms with Crippen molar-refractivity contribution >= 4 is 11.6 Å². The van der Waals surface area contributed by atoms with Gasteiger partial charge in [0.15, 0.2) is 0 Å². The maximum absolute atomic E-state index is 4.70. The van der Waals surface area contributed by atoms with Crippen molar-refractivity contribution in [2.24, 2.45) is 5.92 Å². The van der Waals surface area contributed by atoms with E-state index in [1.807, 2.05) is 7.05 Å². The molecule has 1 saturated heterocycles. The molecule has 0 bridgehead atoms. The van der Waals surface area contributed by atoms with E-state index in [0.717, 1.165) is 49.3 Å². The standard InChI is InChI=1S/C14H24N4/c1-4-6-12-16-13(15-3)9-14(17-12)18-8-5-7-11(2)10-18/h9,11H,4-8,10H2,1-3H3,(H,15,16,17). The Balaban J connectivity index is 2.22. The van der Waals surface area contributed by atoms with Crippen molar-refractivity contribution in [2.75, 3.05) is 30.4 Å². The topological polar surface area (TPSA) is 41.1 Å². The molecule has 1 atom stereocenters. The summed E-state index contributed by atoms with van der Waals surface area (Å²) in [5, 5.41) is 3.14. The summed E-state index contributed by atoms with van der Waals surface area (Å²) in [6.45, 7) is 6.72. The number of aromatic nitrogens is 2. The van der Waals surface area contributed by atoms with E-state index in [1.54, 1.807) is 0 Å². The lowest BCUT2D eigenvalue weighted by molar-refractivity contribution is 0.444. The summed E-state index contributed by atoms with van der Waals surface area (Å²) < 4.78 is 0. The molecule has 0 amide bonds. The molecular formula is C14H24N4. The van der Waals surface area contributed by atoms with E-state index in [1.165, 1.54) is 12.8 Å². The smallest absolute Gasteiger partial charge is 0.134 e. The lowest BCUT2D eigenvalue weighted by Gasteiger charge is -2.32. The molecule has 4 heteroatoms. The Morgan fingerprint density at radius 1 is 1.44 bits per heavy atom. The van der Waals surface area contributed by atoms with Gasteiger partial charge in [-0.05, 0) is 25.2 Å². The van der Waals surface area contributed by atoms with Gasteiger partial charge in [-0.15, -0.1) is 0 Å². The van der Waals surface area contributed by atoms with Crippen LogP contribution in [0, 0.1) is 5.92 Å². The van der Waals surface area contributed by atoms with E-state index in [2.05, 4.69) is 35.1 Å². The number of piperidine rings is 1. The largest absolute Gasteiger partial charge is 0.373 e. The van der Waals surface area contributed by atoms with Crippen LogP contribution in [0.2, 0.25) is 0 Å². The zero-order chi connectivity index (χ0) is 13.0. The van der Waals surface area contributed by atoms with Crippen molar-refractivity contribution in [1.82, 2.24) is 9.97 Å². The third-order valence-corrected chi connectivity index (χ3v) is 3.47. The summed E-state index contributed by atoms with van der Waals surface area (Å²) in [6, 6.07) is 2.07. The van der Waals surface area contributed by atoms with Gasteiger partial charge in [0, 0.05) is 32.6 Å². The Labute approximate surface area is 110 Å². The van der Waals surface area contributed by atoms with Crippen LogP contribution in [0.3, 0.4) is 0 Å². The Morgan fingerprint density at radius 3 is 2.94 bits per heavy atom. The maximum Gasteiger partial charge on any atom is 0.134 e. The average Bonchev–Trinajstić information content (AvgIpc) is 2.39. The number of aryl methyl sites for hydroxylation is 1. The van der Waals surface area contributed by atoms with Crippen molar-refractivity contribution in [3.8, 4) is 0 Å². The molecule has 0 spiro atoms. The molecule has 1 unspecified atom stereocenters. The molecule has 18 heavy (non-hydrogen) atoms. The van der Waals surface area contributed by atoms with Gasteiger partial charge in [-0.25, -0.2) is 9.97 Å². The number of nitrogens with one attached hydrogen (secondary N) is 1. The minimum absolute atomic E-state index is 0.765. The fourth-order valence-corrected chi connectivity index (χ4v) is 2.51. The van der Waals surface area contributed by atoms with Gasteiger partial charge in [0.05, 0.1) is 0 Å². The third-order valence-electron chi connectivity index (χ3n) is 3.47. The van der Waals surface area contributed by atoms with Crippen LogP contribution in [-0.2, 0) is 6.42 Å². The van der Waals surface area contributed by atoms with Crippen molar-refractivity contribution < 1.29 is 0 Å². The molecule has 2 heterocycles. The number of hydrogen-bond donors (Lipinski definition) is 1. The number of nitrogens with zero attached hydrogens (tertiary/aromatic N) is 3. The summed E-state index contributed by atoms with van der Waals surface area (Å²) in [5.74, 6) is 3.74. The summed E-state index contributed by atoms with van der Waals surface area (Å²) in [4.78, 5) is 11.6. The summed E-state index contributed by atoms with van der Waals surface area (Å²) in [7, 11) is 1.92. The Morgan fingerprint density at radius 2 is 2.28 bits per heavy atom. The summed E-state index contributed by atoms with van der Waals surface area (Å²) in [6.07, 6.45) is 4.64. The van der Waals surface area contributed by atoms with Crippen LogP contribution in [0.25, 0.3) is 0 Å². The molecule has 0 saturated carbocycles. The molecule has 2 rings (SSSR count). The summed E-state index contributed by atoms with van der Waals surface area (Å²) >= 11 is 0. The van der Waals surface area contributed by atoms with Crippen molar-refractivity contribution in [2.45, 2.75) is 39.5 Å². The number of hydrogen-bond acceptors (Lipinski definition) is 4. The van der Waals surface area contributed by atoms with Crippen molar-refractivity contribution in [1.29, 1.82) is 0 Å². The first kappa shape index (κ1) is 13.1. The van der Waals surface area contributed by atoms with Crippen LogP contribution in [0.15, 0.2) is 6.07 Å². The normalized spacial score (nSPS) is 19.9. The first-order valence-electron chi connectivity index (χ1n) is 7.03. The van der Waals surface area contributed by atoms with E-state index >= 15 is 0 Å².